The maximum atomic E-state index is 6.08. The van der Waals surface area contributed by atoms with Gasteiger partial charge in [0.05, 0.1) is 29.3 Å². The van der Waals surface area contributed by atoms with Crippen LogP contribution in [0.1, 0.15) is 24.6 Å². The molecule has 0 atom stereocenters. The summed E-state index contributed by atoms with van der Waals surface area (Å²) < 4.78 is 7.53. The molecule has 0 amide bonds. The second-order valence-electron chi connectivity index (χ2n) is 6.36. The molecule has 6 nitrogen and oxygen atoms in total. The molecule has 1 aromatic carbocycles. The minimum absolute atomic E-state index is 0.395. The Morgan fingerprint density at radius 3 is 2.85 bits per heavy atom. The molecule has 1 aliphatic heterocycles. The summed E-state index contributed by atoms with van der Waals surface area (Å²) in [6, 6.07) is 9.94. The van der Waals surface area contributed by atoms with Crippen LogP contribution in [-0.2, 0) is 4.74 Å². The number of hydrogen-bond acceptors (Lipinski definition) is 5. The highest BCUT2D eigenvalue weighted by atomic mass is 35.5. The van der Waals surface area contributed by atoms with Gasteiger partial charge in [-0.25, -0.2) is 9.97 Å². The maximum Gasteiger partial charge on any atom is 0.134 e. The third kappa shape index (κ3) is 3.57. The van der Waals surface area contributed by atoms with Crippen LogP contribution in [0.3, 0.4) is 0 Å². The van der Waals surface area contributed by atoms with Crippen molar-refractivity contribution in [2.45, 2.75) is 25.8 Å². The van der Waals surface area contributed by atoms with Crippen molar-refractivity contribution in [1.82, 2.24) is 19.7 Å². The van der Waals surface area contributed by atoms with E-state index in [9.17, 15) is 0 Å². The van der Waals surface area contributed by atoms with E-state index in [0.29, 0.717) is 11.1 Å². The largest absolute Gasteiger partial charge is 0.381 e. The molecule has 2 aromatic heterocycles. The zero-order chi connectivity index (χ0) is 17.9. The van der Waals surface area contributed by atoms with Gasteiger partial charge in [-0.05, 0) is 31.9 Å². The summed E-state index contributed by atoms with van der Waals surface area (Å²) in [4.78, 5) is 8.68. The van der Waals surface area contributed by atoms with Gasteiger partial charge in [0.15, 0.2) is 0 Å². The quantitative estimate of drug-likeness (QED) is 0.738. The molecular formula is C19H20ClN5O. The first-order chi connectivity index (χ1) is 12.7. The van der Waals surface area contributed by atoms with Gasteiger partial charge in [-0.2, -0.15) is 5.10 Å². The maximum absolute atomic E-state index is 6.08. The number of anilines is 2. The first-order valence-electron chi connectivity index (χ1n) is 8.67. The highest BCUT2D eigenvalue weighted by Gasteiger charge is 2.19. The first kappa shape index (κ1) is 17.0. The van der Waals surface area contributed by atoms with Gasteiger partial charge in [0.1, 0.15) is 12.1 Å². The molecule has 0 bridgehead atoms. The molecular weight excluding hydrogens is 350 g/mol. The van der Waals surface area contributed by atoms with Crippen LogP contribution in [0.5, 0.6) is 0 Å². The Morgan fingerprint density at radius 2 is 2.04 bits per heavy atom. The van der Waals surface area contributed by atoms with E-state index in [2.05, 4.69) is 32.0 Å². The molecule has 1 N–H and O–H groups in total. The van der Waals surface area contributed by atoms with Crippen LogP contribution in [0.2, 0.25) is 5.02 Å². The lowest BCUT2D eigenvalue weighted by molar-refractivity contribution is 0.0657. The Morgan fingerprint density at radius 1 is 1.19 bits per heavy atom. The second-order valence-corrected chi connectivity index (χ2v) is 6.79. The first-order valence-corrected chi connectivity index (χ1v) is 9.05. The lowest BCUT2D eigenvalue weighted by atomic mass is 10.1. The van der Waals surface area contributed by atoms with Crippen molar-refractivity contribution in [3.05, 3.63) is 53.6 Å². The van der Waals surface area contributed by atoms with Crippen LogP contribution >= 0.6 is 11.6 Å². The number of nitrogens with zero attached hydrogens (tertiary/aromatic N) is 4. The Labute approximate surface area is 157 Å². The smallest absolute Gasteiger partial charge is 0.134 e. The van der Waals surface area contributed by atoms with Gasteiger partial charge in [0, 0.05) is 29.9 Å². The predicted molar refractivity (Wildman–Crippen MR) is 102 cm³/mol. The molecule has 1 aliphatic rings. The third-order valence-electron chi connectivity index (χ3n) is 4.63. The van der Waals surface area contributed by atoms with Crippen LogP contribution in [0.4, 0.5) is 11.5 Å². The number of ether oxygens (including phenoxy) is 1. The molecule has 1 fully saturated rings. The van der Waals surface area contributed by atoms with Crippen LogP contribution in [-0.4, -0.2) is 33.0 Å². The molecule has 1 saturated heterocycles. The van der Waals surface area contributed by atoms with Crippen molar-refractivity contribution >= 4 is 23.1 Å². The van der Waals surface area contributed by atoms with Crippen molar-refractivity contribution < 1.29 is 4.74 Å². The van der Waals surface area contributed by atoms with E-state index in [4.69, 9.17) is 16.3 Å². The Hall–Kier alpha value is -2.44. The zero-order valence-electron chi connectivity index (χ0n) is 14.5. The number of benzene rings is 1. The molecule has 134 valence electrons. The monoisotopic (exact) mass is 369 g/mol. The fraction of sp³-hybridized carbons (Fsp3) is 0.316. The molecule has 7 heteroatoms. The highest BCUT2D eigenvalue weighted by molar-refractivity contribution is 6.30. The fourth-order valence-corrected chi connectivity index (χ4v) is 3.40. The zero-order valence-corrected chi connectivity index (χ0v) is 15.3. The number of nitrogens with one attached hydrogen (secondary N) is 1. The summed E-state index contributed by atoms with van der Waals surface area (Å²) in [5.74, 6) is 0.726. The van der Waals surface area contributed by atoms with Crippen molar-refractivity contribution in [3.63, 3.8) is 0 Å². The van der Waals surface area contributed by atoms with Gasteiger partial charge in [0.2, 0.25) is 0 Å². The van der Waals surface area contributed by atoms with E-state index in [-0.39, 0.29) is 0 Å². The second kappa shape index (κ2) is 7.43. The number of aromatic nitrogens is 4. The SMILES string of the molecule is Cc1c(Nc2cc(-c3cccc(Cl)c3)ncn2)cnn1C1CCOCC1. The van der Waals surface area contributed by atoms with Crippen LogP contribution in [0.25, 0.3) is 11.3 Å². The van der Waals surface area contributed by atoms with E-state index in [1.165, 1.54) is 0 Å². The van der Waals surface area contributed by atoms with Gasteiger partial charge in [0.25, 0.3) is 0 Å². The predicted octanol–water partition coefficient (Wildman–Crippen LogP) is 4.40. The topological polar surface area (TPSA) is 64.9 Å². The summed E-state index contributed by atoms with van der Waals surface area (Å²) in [5, 5.41) is 8.61. The van der Waals surface area contributed by atoms with Crippen molar-refractivity contribution in [1.29, 1.82) is 0 Å². The Kier molecular flexibility index (Phi) is 4.86. The Bertz CT molecular complexity index is 904. The van der Waals surface area contributed by atoms with E-state index in [1.54, 1.807) is 6.33 Å². The van der Waals surface area contributed by atoms with Crippen LogP contribution < -0.4 is 5.32 Å². The summed E-state index contributed by atoms with van der Waals surface area (Å²) in [7, 11) is 0. The lowest BCUT2D eigenvalue weighted by Gasteiger charge is -2.23. The van der Waals surface area contributed by atoms with Gasteiger partial charge in [-0.1, -0.05) is 23.7 Å². The van der Waals surface area contributed by atoms with Gasteiger partial charge < -0.3 is 10.1 Å². The molecule has 3 aromatic rings. The molecule has 26 heavy (non-hydrogen) atoms. The summed E-state index contributed by atoms with van der Waals surface area (Å²) in [6.07, 6.45) is 5.39. The molecule has 0 aliphatic carbocycles. The van der Waals surface area contributed by atoms with Crippen molar-refractivity contribution in [2.75, 3.05) is 18.5 Å². The standard InChI is InChI=1S/C19H20ClN5O/c1-13-18(11-23-25(13)16-5-7-26-8-6-16)24-19-10-17(21-12-22-19)14-3-2-4-15(20)9-14/h2-4,9-12,16H,5-8H2,1H3,(H,21,22,24). The number of halogens is 1. The minimum atomic E-state index is 0.395. The van der Waals surface area contributed by atoms with Crippen LogP contribution in [0.15, 0.2) is 42.9 Å². The molecule has 3 heterocycles. The van der Waals surface area contributed by atoms with Gasteiger partial charge in [-0.3, -0.25) is 4.68 Å². The Balaban J connectivity index is 1.56. The van der Waals surface area contributed by atoms with Crippen molar-refractivity contribution in [3.8, 4) is 11.3 Å². The number of rotatable bonds is 4. The summed E-state index contributed by atoms with van der Waals surface area (Å²) in [6.45, 7) is 3.66. The average Bonchev–Trinajstić information content (AvgIpc) is 3.03. The summed E-state index contributed by atoms with van der Waals surface area (Å²) in [5.41, 5.74) is 3.82. The van der Waals surface area contributed by atoms with Crippen molar-refractivity contribution in [2.24, 2.45) is 0 Å². The molecule has 0 saturated carbocycles. The fourth-order valence-electron chi connectivity index (χ4n) is 3.21. The highest BCUT2D eigenvalue weighted by Crippen LogP contribution is 2.28. The van der Waals surface area contributed by atoms with Crippen LogP contribution in [0, 0.1) is 6.92 Å². The molecule has 0 unspecified atom stereocenters. The summed E-state index contributed by atoms with van der Waals surface area (Å²) >= 11 is 6.08. The van der Waals surface area contributed by atoms with E-state index in [0.717, 1.165) is 54.5 Å². The third-order valence-corrected chi connectivity index (χ3v) is 4.87. The number of hydrogen-bond donors (Lipinski definition) is 1. The van der Waals surface area contributed by atoms with E-state index in [1.807, 2.05) is 36.5 Å². The molecule has 4 rings (SSSR count). The normalized spacial score (nSPS) is 15.2. The average molecular weight is 370 g/mol. The van der Waals surface area contributed by atoms with E-state index >= 15 is 0 Å². The minimum Gasteiger partial charge on any atom is -0.381 e. The lowest BCUT2D eigenvalue weighted by Crippen LogP contribution is -2.21. The molecule has 0 radical (unpaired) electrons. The van der Waals surface area contributed by atoms with Gasteiger partial charge in [-0.15, -0.1) is 0 Å². The molecule has 0 spiro atoms. The van der Waals surface area contributed by atoms with Gasteiger partial charge >= 0.3 is 0 Å². The van der Waals surface area contributed by atoms with E-state index < -0.39 is 0 Å².